The molecular formula is C9H9N3O2. The Balaban J connectivity index is 2.57. The van der Waals surface area contributed by atoms with Crippen molar-refractivity contribution < 1.29 is 9.53 Å². The fraction of sp³-hybridized carbons (Fsp3) is 0.222. The molecule has 5 heteroatoms. The highest BCUT2D eigenvalue weighted by Gasteiger charge is 2.09. The van der Waals surface area contributed by atoms with Crippen molar-refractivity contribution in [1.29, 1.82) is 0 Å². The molecule has 0 saturated carbocycles. The Hall–Kier alpha value is -1.91. The molecule has 14 heavy (non-hydrogen) atoms. The standard InChI is InChI=1S/C9H9N3O2/c1-12-4-3-6-8(12)10-5-7(11-6)9(13)14-2/h3-5H,1-2H3. The molecule has 0 saturated heterocycles. The summed E-state index contributed by atoms with van der Waals surface area (Å²) in [6, 6.07) is 1.80. The average Bonchev–Trinajstić information content (AvgIpc) is 2.59. The summed E-state index contributed by atoms with van der Waals surface area (Å²) in [5, 5.41) is 0. The Morgan fingerprint density at radius 1 is 1.57 bits per heavy atom. The quantitative estimate of drug-likeness (QED) is 0.624. The Morgan fingerprint density at radius 3 is 3.07 bits per heavy atom. The SMILES string of the molecule is COC(=O)c1cnc2c(ccn2C)n1. The van der Waals surface area contributed by atoms with Crippen molar-refractivity contribution in [3.05, 3.63) is 24.2 Å². The van der Waals surface area contributed by atoms with E-state index in [-0.39, 0.29) is 5.69 Å². The van der Waals surface area contributed by atoms with Crippen molar-refractivity contribution in [2.24, 2.45) is 7.05 Å². The maximum absolute atomic E-state index is 11.1. The van der Waals surface area contributed by atoms with Crippen LogP contribution in [0.5, 0.6) is 0 Å². The molecule has 0 atom stereocenters. The molecule has 2 aromatic rings. The Morgan fingerprint density at radius 2 is 2.36 bits per heavy atom. The van der Waals surface area contributed by atoms with Gasteiger partial charge in [0.25, 0.3) is 0 Å². The van der Waals surface area contributed by atoms with E-state index >= 15 is 0 Å². The molecular weight excluding hydrogens is 182 g/mol. The number of esters is 1. The second-order valence-electron chi connectivity index (χ2n) is 2.88. The van der Waals surface area contributed by atoms with Crippen molar-refractivity contribution >= 4 is 17.1 Å². The summed E-state index contributed by atoms with van der Waals surface area (Å²) >= 11 is 0. The fourth-order valence-corrected chi connectivity index (χ4v) is 1.24. The van der Waals surface area contributed by atoms with Crippen LogP contribution in [0.15, 0.2) is 18.5 Å². The number of ether oxygens (including phenoxy) is 1. The van der Waals surface area contributed by atoms with Gasteiger partial charge in [0, 0.05) is 13.2 Å². The molecule has 0 aliphatic rings. The van der Waals surface area contributed by atoms with E-state index in [1.54, 1.807) is 6.07 Å². The van der Waals surface area contributed by atoms with E-state index in [2.05, 4.69) is 14.7 Å². The summed E-state index contributed by atoms with van der Waals surface area (Å²) in [7, 11) is 3.19. The molecule has 72 valence electrons. The number of nitrogens with zero attached hydrogens (tertiary/aromatic N) is 3. The van der Waals surface area contributed by atoms with Crippen molar-refractivity contribution in [3.63, 3.8) is 0 Å². The molecule has 0 N–H and O–H groups in total. The van der Waals surface area contributed by atoms with Crippen LogP contribution in [0, 0.1) is 0 Å². The van der Waals surface area contributed by atoms with Crippen molar-refractivity contribution in [1.82, 2.24) is 14.5 Å². The number of hydrogen-bond donors (Lipinski definition) is 0. The molecule has 0 spiro atoms. The van der Waals surface area contributed by atoms with Gasteiger partial charge in [-0.3, -0.25) is 0 Å². The molecule has 0 radical (unpaired) electrons. The van der Waals surface area contributed by atoms with E-state index in [1.807, 2.05) is 17.8 Å². The van der Waals surface area contributed by atoms with Crippen LogP contribution in [0.4, 0.5) is 0 Å². The van der Waals surface area contributed by atoms with Crippen LogP contribution < -0.4 is 0 Å². The summed E-state index contributed by atoms with van der Waals surface area (Å²) in [6.45, 7) is 0. The fourth-order valence-electron chi connectivity index (χ4n) is 1.24. The van der Waals surface area contributed by atoms with E-state index in [9.17, 15) is 4.79 Å². The maximum atomic E-state index is 11.1. The van der Waals surface area contributed by atoms with E-state index in [4.69, 9.17) is 0 Å². The van der Waals surface area contributed by atoms with Gasteiger partial charge < -0.3 is 9.30 Å². The van der Waals surface area contributed by atoms with Crippen LogP contribution >= 0.6 is 0 Å². The van der Waals surface area contributed by atoms with Crippen LogP contribution in [-0.2, 0) is 11.8 Å². The highest BCUT2D eigenvalue weighted by atomic mass is 16.5. The predicted octanol–water partition coefficient (Wildman–Crippen LogP) is 0.755. The summed E-state index contributed by atoms with van der Waals surface area (Å²) in [4.78, 5) is 19.4. The van der Waals surface area contributed by atoms with Gasteiger partial charge in [0.05, 0.1) is 13.3 Å². The topological polar surface area (TPSA) is 57.0 Å². The van der Waals surface area contributed by atoms with Gasteiger partial charge in [-0.25, -0.2) is 14.8 Å². The molecule has 2 rings (SSSR count). The number of carbonyl (C=O) groups is 1. The second kappa shape index (κ2) is 3.10. The third-order valence-corrected chi connectivity index (χ3v) is 1.96. The zero-order valence-electron chi connectivity index (χ0n) is 7.89. The average molecular weight is 191 g/mol. The molecule has 0 unspecified atom stereocenters. The highest BCUT2D eigenvalue weighted by Crippen LogP contribution is 2.09. The van der Waals surface area contributed by atoms with Gasteiger partial charge >= 0.3 is 5.97 Å². The van der Waals surface area contributed by atoms with Gasteiger partial charge in [-0.05, 0) is 6.07 Å². The zero-order valence-corrected chi connectivity index (χ0v) is 7.89. The monoisotopic (exact) mass is 191 g/mol. The van der Waals surface area contributed by atoms with Crippen LogP contribution in [-0.4, -0.2) is 27.6 Å². The van der Waals surface area contributed by atoms with Crippen LogP contribution in [0.3, 0.4) is 0 Å². The molecule has 0 bridgehead atoms. The number of aryl methyl sites for hydroxylation is 1. The lowest BCUT2D eigenvalue weighted by Gasteiger charge is -1.98. The molecule has 0 amide bonds. The van der Waals surface area contributed by atoms with E-state index < -0.39 is 5.97 Å². The second-order valence-corrected chi connectivity index (χ2v) is 2.88. The van der Waals surface area contributed by atoms with Gasteiger partial charge in [0.15, 0.2) is 11.3 Å². The molecule has 0 aliphatic heterocycles. The zero-order chi connectivity index (χ0) is 10.1. The normalized spacial score (nSPS) is 10.4. The number of rotatable bonds is 1. The minimum atomic E-state index is -0.469. The third-order valence-electron chi connectivity index (χ3n) is 1.96. The van der Waals surface area contributed by atoms with Gasteiger partial charge in [-0.2, -0.15) is 0 Å². The lowest BCUT2D eigenvalue weighted by atomic mass is 10.4. The third kappa shape index (κ3) is 1.22. The van der Waals surface area contributed by atoms with Crippen molar-refractivity contribution in [2.75, 3.05) is 7.11 Å². The van der Waals surface area contributed by atoms with Crippen LogP contribution in [0.1, 0.15) is 10.5 Å². The Kier molecular flexibility index (Phi) is 1.92. The predicted molar refractivity (Wildman–Crippen MR) is 49.8 cm³/mol. The first-order valence-corrected chi connectivity index (χ1v) is 4.09. The largest absolute Gasteiger partial charge is 0.464 e. The van der Waals surface area contributed by atoms with Crippen LogP contribution in [0.2, 0.25) is 0 Å². The van der Waals surface area contributed by atoms with Gasteiger partial charge in [0.2, 0.25) is 0 Å². The van der Waals surface area contributed by atoms with E-state index in [1.165, 1.54) is 13.3 Å². The van der Waals surface area contributed by atoms with Crippen molar-refractivity contribution in [3.8, 4) is 0 Å². The van der Waals surface area contributed by atoms with Gasteiger partial charge in [-0.1, -0.05) is 0 Å². The number of aromatic nitrogens is 3. The maximum Gasteiger partial charge on any atom is 0.358 e. The highest BCUT2D eigenvalue weighted by molar-refractivity contribution is 5.88. The summed E-state index contributed by atoms with van der Waals surface area (Å²) < 4.78 is 6.38. The first-order chi connectivity index (χ1) is 6.72. The number of methoxy groups -OCH3 is 1. The minimum absolute atomic E-state index is 0.228. The molecule has 2 heterocycles. The lowest BCUT2D eigenvalue weighted by molar-refractivity contribution is 0.0594. The number of hydrogen-bond acceptors (Lipinski definition) is 4. The molecule has 2 aromatic heterocycles. The molecule has 0 aliphatic carbocycles. The Bertz CT molecular complexity index is 490. The lowest BCUT2D eigenvalue weighted by Crippen LogP contribution is -2.05. The minimum Gasteiger partial charge on any atom is -0.464 e. The first-order valence-electron chi connectivity index (χ1n) is 4.09. The van der Waals surface area contributed by atoms with E-state index in [0.29, 0.717) is 5.52 Å². The smallest absolute Gasteiger partial charge is 0.358 e. The summed E-state index contributed by atoms with van der Waals surface area (Å²) in [5.41, 5.74) is 1.67. The van der Waals surface area contributed by atoms with Crippen LogP contribution in [0.25, 0.3) is 11.2 Å². The molecule has 0 aromatic carbocycles. The van der Waals surface area contributed by atoms with Gasteiger partial charge in [-0.15, -0.1) is 0 Å². The molecule has 5 nitrogen and oxygen atoms in total. The van der Waals surface area contributed by atoms with Crippen molar-refractivity contribution in [2.45, 2.75) is 0 Å². The molecule has 0 fully saturated rings. The number of fused-ring (bicyclic) bond motifs is 1. The Labute approximate surface area is 80.3 Å². The van der Waals surface area contributed by atoms with Gasteiger partial charge in [0.1, 0.15) is 5.52 Å². The number of carbonyl (C=O) groups excluding carboxylic acids is 1. The summed E-state index contributed by atoms with van der Waals surface area (Å²) in [5.74, 6) is -0.469. The summed E-state index contributed by atoms with van der Waals surface area (Å²) in [6.07, 6.45) is 3.25. The van der Waals surface area contributed by atoms with E-state index in [0.717, 1.165) is 5.65 Å². The first kappa shape index (κ1) is 8.68.